The molecule has 6 nitrogen and oxygen atoms in total. The maximum absolute atomic E-state index is 12.5. The van der Waals surface area contributed by atoms with Crippen LogP contribution >= 0.6 is 0 Å². The van der Waals surface area contributed by atoms with Gasteiger partial charge in [0.2, 0.25) is 0 Å². The van der Waals surface area contributed by atoms with Crippen molar-refractivity contribution in [1.82, 2.24) is 9.78 Å². The SMILES string of the molecule is C=CCc1cc(C(=O)Nc2cc(C)nn2C)cc(OC)c1OC. The molecule has 0 aliphatic heterocycles. The van der Waals surface area contributed by atoms with Gasteiger partial charge in [-0.15, -0.1) is 6.58 Å². The zero-order valence-electron chi connectivity index (χ0n) is 13.8. The maximum atomic E-state index is 12.5. The third kappa shape index (κ3) is 3.53. The molecule has 1 heterocycles. The number of allylic oxidation sites excluding steroid dienone is 1. The maximum Gasteiger partial charge on any atom is 0.256 e. The van der Waals surface area contributed by atoms with Crippen molar-refractivity contribution >= 4 is 11.7 Å². The Morgan fingerprint density at radius 2 is 2.09 bits per heavy atom. The third-order valence-corrected chi connectivity index (χ3v) is 3.43. The summed E-state index contributed by atoms with van der Waals surface area (Å²) in [5, 5.41) is 7.05. The van der Waals surface area contributed by atoms with Crippen LogP contribution in [0.25, 0.3) is 0 Å². The summed E-state index contributed by atoms with van der Waals surface area (Å²) in [5.41, 5.74) is 2.16. The van der Waals surface area contributed by atoms with Crippen LogP contribution in [-0.2, 0) is 13.5 Å². The van der Waals surface area contributed by atoms with Crippen molar-refractivity contribution in [1.29, 1.82) is 0 Å². The van der Waals surface area contributed by atoms with Crippen LogP contribution < -0.4 is 14.8 Å². The van der Waals surface area contributed by atoms with Gasteiger partial charge in [0.1, 0.15) is 5.82 Å². The first-order chi connectivity index (χ1) is 11.0. The van der Waals surface area contributed by atoms with Crippen LogP contribution in [0.3, 0.4) is 0 Å². The van der Waals surface area contributed by atoms with E-state index in [4.69, 9.17) is 9.47 Å². The summed E-state index contributed by atoms with van der Waals surface area (Å²) < 4.78 is 12.3. The first-order valence-corrected chi connectivity index (χ1v) is 7.18. The predicted octanol–water partition coefficient (Wildman–Crippen LogP) is 2.73. The van der Waals surface area contributed by atoms with E-state index in [1.54, 1.807) is 44.2 Å². The van der Waals surface area contributed by atoms with Crippen molar-refractivity contribution in [2.45, 2.75) is 13.3 Å². The Balaban J connectivity index is 2.37. The van der Waals surface area contributed by atoms with E-state index in [2.05, 4.69) is 17.0 Å². The number of amides is 1. The molecule has 0 unspecified atom stereocenters. The number of carbonyl (C=O) groups is 1. The van der Waals surface area contributed by atoms with Gasteiger partial charge < -0.3 is 14.8 Å². The van der Waals surface area contributed by atoms with Gasteiger partial charge in [0, 0.05) is 24.2 Å². The van der Waals surface area contributed by atoms with Gasteiger partial charge in [-0.2, -0.15) is 5.10 Å². The zero-order chi connectivity index (χ0) is 17.0. The lowest BCUT2D eigenvalue weighted by Crippen LogP contribution is -2.15. The summed E-state index contributed by atoms with van der Waals surface area (Å²) in [6.07, 6.45) is 2.33. The van der Waals surface area contributed by atoms with Crippen LogP contribution in [0.15, 0.2) is 30.9 Å². The molecule has 1 N–H and O–H groups in total. The molecule has 0 spiro atoms. The van der Waals surface area contributed by atoms with Crippen LogP contribution in [0.5, 0.6) is 11.5 Å². The Kier molecular flexibility index (Phi) is 5.05. The van der Waals surface area contributed by atoms with Crippen molar-refractivity contribution < 1.29 is 14.3 Å². The fourth-order valence-corrected chi connectivity index (χ4v) is 2.40. The molecule has 6 heteroatoms. The number of hydrogen-bond acceptors (Lipinski definition) is 4. The number of carbonyl (C=O) groups excluding carboxylic acids is 1. The average molecular weight is 315 g/mol. The minimum atomic E-state index is -0.237. The topological polar surface area (TPSA) is 65.4 Å². The zero-order valence-corrected chi connectivity index (χ0v) is 13.8. The Morgan fingerprint density at radius 1 is 1.35 bits per heavy atom. The summed E-state index contributed by atoms with van der Waals surface area (Å²) in [6.45, 7) is 5.60. The van der Waals surface area contributed by atoms with Crippen LogP contribution in [0.2, 0.25) is 0 Å². The molecule has 23 heavy (non-hydrogen) atoms. The van der Waals surface area contributed by atoms with E-state index >= 15 is 0 Å². The van der Waals surface area contributed by atoms with E-state index in [9.17, 15) is 4.79 Å². The van der Waals surface area contributed by atoms with Crippen LogP contribution in [0.4, 0.5) is 5.82 Å². The smallest absolute Gasteiger partial charge is 0.256 e. The van der Waals surface area contributed by atoms with Gasteiger partial charge in [-0.1, -0.05) is 6.08 Å². The molecule has 122 valence electrons. The molecule has 0 bridgehead atoms. The quantitative estimate of drug-likeness (QED) is 0.832. The number of hydrogen-bond donors (Lipinski definition) is 1. The number of aryl methyl sites for hydroxylation is 2. The highest BCUT2D eigenvalue weighted by Crippen LogP contribution is 2.33. The summed E-state index contributed by atoms with van der Waals surface area (Å²) in [4.78, 5) is 12.5. The highest BCUT2D eigenvalue weighted by Gasteiger charge is 2.16. The van der Waals surface area contributed by atoms with Gasteiger partial charge in [0.05, 0.1) is 19.9 Å². The Morgan fingerprint density at radius 3 is 2.61 bits per heavy atom. The second kappa shape index (κ2) is 7.00. The highest BCUT2D eigenvalue weighted by molar-refractivity contribution is 6.04. The van der Waals surface area contributed by atoms with Crippen molar-refractivity contribution in [3.8, 4) is 11.5 Å². The number of anilines is 1. The lowest BCUT2D eigenvalue weighted by atomic mass is 10.0. The fraction of sp³-hybridized carbons (Fsp3) is 0.294. The molecule has 0 saturated heterocycles. The molecule has 0 radical (unpaired) electrons. The second-order valence-electron chi connectivity index (χ2n) is 5.11. The van der Waals surface area contributed by atoms with Gasteiger partial charge in [-0.3, -0.25) is 9.48 Å². The molecule has 0 atom stereocenters. The van der Waals surface area contributed by atoms with E-state index in [1.165, 1.54) is 0 Å². The molecule has 0 aliphatic carbocycles. The molecule has 0 saturated carbocycles. The molecule has 0 fully saturated rings. The van der Waals surface area contributed by atoms with E-state index in [0.29, 0.717) is 29.3 Å². The highest BCUT2D eigenvalue weighted by atomic mass is 16.5. The lowest BCUT2D eigenvalue weighted by molar-refractivity contribution is 0.102. The molecule has 2 aromatic rings. The largest absolute Gasteiger partial charge is 0.493 e. The Bertz CT molecular complexity index is 735. The standard InChI is InChI=1S/C17H21N3O3/c1-6-7-12-9-13(10-14(22-4)16(12)23-5)17(21)18-15-8-11(2)19-20(15)3/h6,8-10H,1,7H2,2-5H3,(H,18,21). The normalized spacial score (nSPS) is 10.3. The van der Waals surface area contributed by atoms with Crippen molar-refractivity contribution in [3.63, 3.8) is 0 Å². The Hall–Kier alpha value is -2.76. The predicted molar refractivity (Wildman–Crippen MR) is 89.3 cm³/mol. The monoisotopic (exact) mass is 315 g/mol. The molecule has 1 aromatic heterocycles. The van der Waals surface area contributed by atoms with Crippen molar-refractivity contribution in [2.24, 2.45) is 7.05 Å². The average Bonchev–Trinajstić information content (AvgIpc) is 2.84. The Labute approximate surface area is 135 Å². The van der Waals surface area contributed by atoms with Crippen molar-refractivity contribution in [3.05, 3.63) is 47.7 Å². The van der Waals surface area contributed by atoms with E-state index in [0.717, 1.165) is 11.3 Å². The van der Waals surface area contributed by atoms with E-state index in [-0.39, 0.29) is 5.91 Å². The van der Waals surface area contributed by atoms with Gasteiger partial charge in [0.25, 0.3) is 5.91 Å². The number of methoxy groups -OCH3 is 2. The van der Waals surface area contributed by atoms with Crippen LogP contribution in [-0.4, -0.2) is 29.9 Å². The van der Waals surface area contributed by atoms with Gasteiger partial charge in [-0.25, -0.2) is 0 Å². The number of aromatic nitrogens is 2. The second-order valence-corrected chi connectivity index (χ2v) is 5.11. The van der Waals surface area contributed by atoms with Crippen LogP contribution in [0, 0.1) is 6.92 Å². The molecular weight excluding hydrogens is 294 g/mol. The minimum absolute atomic E-state index is 0.237. The minimum Gasteiger partial charge on any atom is -0.493 e. The summed E-state index contributed by atoms with van der Waals surface area (Å²) in [6, 6.07) is 5.24. The van der Waals surface area contributed by atoms with Gasteiger partial charge in [-0.05, 0) is 25.5 Å². The summed E-state index contributed by atoms with van der Waals surface area (Å²) >= 11 is 0. The van der Waals surface area contributed by atoms with Crippen molar-refractivity contribution in [2.75, 3.05) is 19.5 Å². The third-order valence-electron chi connectivity index (χ3n) is 3.43. The molecular formula is C17H21N3O3. The first-order valence-electron chi connectivity index (χ1n) is 7.18. The van der Waals surface area contributed by atoms with E-state index in [1.807, 2.05) is 13.0 Å². The first kappa shape index (κ1) is 16.6. The number of ether oxygens (including phenoxy) is 2. The molecule has 2 rings (SSSR count). The van der Waals surface area contributed by atoms with Crippen LogP contribution in [0.1, 0.15) is 21.6 Å². The number of nitrogens with zero attached hydrogens (tertiary/aromatic N) is 2. The number of rotatable bonds is 6. The number of nitrogens with one attached hydrogen (secondary N) is 1. The summed E-state index contributed by atoms with van der Waals surface area (Å²) in [7, 11) is 4.89. The van der Waals surface area contributed by atoms with Gasteiger partial charge >= 0.3 is 0 Å². The molecule has 1 aromatic carbocycles. The molecule has 0 aliphatic rings. The lowest BCUT2D eigenvalue weighted by Gasteiger charge is -2.14. The fourth-order valence-electron chi connectivity index (χ4n) is 2.40. The van der Waals surface area contributed by atoms with E-state index < -0.39 is 0 Å². The van der Waals surface area contributed by atoms with Gasteiger partial charge in [0.15, 0.2) is 11.5 Å². The number of benzene rings is 1. The summed E-state index contributed by atoms with van der Waals surface area (Å²) in [5.74, 6) is 1.52. The molecule has 1 amide bonds.